The number of nitrogens with zero attached hydrogens (tertiary/aromatic N) is 5. The average molecular weight is 342 g/mol. The first-order valence-electron chi connectivity index (χ1n) is 7.78. The topological polar surface area (TPSA) is 108 Å². The fourth-order valence-corrected chi connectivity index (χ4v) is 2.82. The number of nitrogens with one attached hydrogen (secondary N) is 1. The zero-order valence-electron chi connectivity index (χ0n) is 14.2. The van der Waals surface area contributed by atoms with Crippen LogP contribution in [0, 0.1) is 24.0 Å². The van der Waals surface area contributed by atoms with Crippen molar-refractivity contribution in [1.29, 1.82) is 0 Å². The molecule has 0 aliphatic rings. The van der Waals surface area contributed by atoms with Gasteiger partial charge in [-0.25, -0.2) is 4.98 Å². The van der Waals surface area contributed by atoms with Gasteiger partial charge in [0.25, 0.3) is 0 Å². The van der Waals surface area contributed by atoms with Crippen molar-refractivity contribution in [2.75, 3.05) is 5.32 Å². The molecule has 0 unspecified atom stereocenters. The average Bonchev–Trinajstić information content (AvgIpc) is 3.02. The molecule has 3 rings (SSSR count). The van der Waals surface area contributed by atoms with Gasteiger partial charge in [-0.1, -0.05) is 12.1 Å². The lowest BCUT2D eigenvalue weighted by Crippen LogP contribution is -2.17. The number of nitro groups is 1. The number of carbonyl (C=O) groups excluding carboxylic acids is 1. The molecule has 0 spiro atoms. The van der Waals surface area contributed by atoms with Crippen LogP contribution in [0.1, 0.15) is 17.8 Å². The Morgan fingerprint density at radius 3 is 2.68 bits per heavy atom. The molecule has 9 heteroatoms. The van der Waals surface area contributed by atoms with Gasteiger partial charge in [0.2, 0.25) is 11.9 Å². The Balaban J connectivity index is 1.70. The van der Waals surface area contributed by atoms with E-state index in [1.165, 1.54) is 4.68 Å². The van der Waals surface area contributed by atoms with E-state index in [1.807, 2.05) is 31.3 Å². The second-order valence-electron chi connectivity index (χ2n) is 5.78. The van der Waals surface area contributed by atoms with Crippen LogP contribution in [-0.4, -0.2) is 30.2 Å². The molecule has 2 heterocycles. The summed E-state index contributed by atoms with van der Waals surface area (Å²) in [5, 5.41) is 17.9. The predicted molar refractivity (Wildman–Crippen MR) is 92.3 cm³/mol. The third-order valence-corrected chi connectivity index (χ3v) is 4.11. The number of aromatic nitrogens is 4. The summed E-state index contributed by atoms with van der Waals surface area (Å²) in [6, 6.07) is 7.59. The quantitative estimate of drug-likeness (QED) is 0.565. The third-order valence-electron chi connectivity index (χ3n) is 4.11. The maximum Gasteiger partial charge on any atom is 0.312 e. The molecule has 25 heavy (non-hydrogen) atoms. The Labute approximate surface area is 143 Å². The fourth-order valence-electron chi connectivity index (χ4n) is 2.82. The summed E-state index contributed by atoms with van der Waals surface area (Å²) >= 11 is 0. The number of rotatable bonds is 5. The highest BCUT2D eigenvalue weighted by Gasteiger charge is 2.22. The molecule has 0 fully saturated rings. The van der Waals surface area contributed by atoms with E-state index in [0.29, 0.717) is 17.3 Å². The minimum atomic E-state index is -0.451. The highest BCUT2D eigenvalue weighted by atomic mass is 16.6. The van der Waals surface area contributed by atoms with Crippen LogP contribution in [0.4, 0.5) is 11.6 Å². The maximum absolute atomic E-state index is 12.2. The normalized spacial score (nSPS) is 11.0. The van der Waals surface area contributed by atoms with E-state index < -0.39 is 4.92 Å². The number of anilines is 1. The van der Waals surface area contributed by atoms with Crippen LogP contribution >= 0.6 is 0 Å². The smallest absolute Gasteiger partial charge is 0.312 e. The number of aryl methyl sites for hydroxylation is 3. The van der Waals surface area contributed by atoms with Crippen molar-refractivity contribution >= 4 is 28.6 Å². The molecule has 0 radical (unpaired) electrons. The Kier molecular flexibility index (Phi) is 4.22. The minimum Gasteiger partial charge on any atom is -0.313 e. The number of hydrogen-bond acceptors (Lipinski definition) is 5. The van der Waals surface area contributed by atoms with E-state index in [4.69, 9.17) is 0 Å². The highest BCUT2D eigenvalue weighted by molar-refractivity contribution is 5.91. The lowest BCUT2D eigenvalue weighted by atomic mass is 10.3. The number of imidazole rings is 1. The molecular weight excluding hydrogens is 324 g/mol. The van der Waals surface area contributed by atoms with Crippen LogP contribution in [0.2, 0.25) is 0 Å². The van der Waals surface area contributed by atoms with Crippen molar-refractivity contribution in [1.82, 2.24) is 19.3 Å². The summed E-state index contributed by atoms with van der Waals surface area (Å²) in [6.07, 6.45) is 0.141. The van der Waals surface area contributed by atoms with Crippen molar-refractivity contribution in [2.45, 2.75) is 26.8 Å². The first-order valence-corrected chi connectivity index (χ1v) is 7.78. The first kappa shape index (κ1) is 16.6. The number of fused-ring (bicyclic) bond motifs is 1. The number of amides is 1. The van der Waals surface area contributed by atoms with Gasteiger partial charge in [-0.05, 0) is 26.0 Å². The summed E-state index contributed by atoms with van der Waals surface area (Å²) in [5.41, 5.74) is 2.51. The van der Waals surface area contributed by atoms with E-state index in [1.54, 1.807) is 18.4 Å². The van der Waals surface area contributed by atoms with Crippen molar-refractivity contribution in [3.05, 3.63) is 45.8 Å². The standard InChI is InChI=1S/C16H18N6O3/c1-10-15(22(24)25)11(2)21(19-10)9-8-14(23)18-16-17-12-6-4-5-7-13(12)20(16)3/h4-7H,8-9H2,1-3H3,(H,17,18,23). The second-order valence-corrected chi connectivity index (χ2v) is 5.78. The number of para-hydroxylation sites is 2. The zero-order chi connectivity index (χ0) is 18.1. The minimum absolute atomic E-state index is 0.00393. The monoisotopic (exact) mass is 342 g/mol. The molecule has 9 nitrogen and oxygen atoms in total. The largest absolute Gasteiger partial charge is 0.313 e. The van der Waals surface area contributed by atoms with Gasteiger partial charge in [-0.15, -0.1) is 0 Å². The van der Waals surface area contributed by atoms with Gasteiger partial charge in [0.1, 0.15) is 11.4 Å². The lowest BCUT2D eigenvalue weighted by molar-refractivity contribution is -0.386. The van der Waals surface area contributed by atoms with Gasteiger partial charge in [0.15, 0.2) is 0 Å². The Hall–Kier alpha value is -3.23. The Bertz CT molecular complexity index is 972. The number of hydrogen-bond donors (Lipinski definition) is 1. The molecule has 1 amide bonds. The second kappa shape index (κ2) is 6.34. The van der Waals surface area contributed by atoms with Crippen LogP contribution in [-0.2, 0) is 18.4 Å². The van der Waals surface area contributed by atoms with E-state index in [9.17, 15) is 14.9 Å². The van der Waals surface area contributed by atoms with E-state index in [-0.39, 0.29) is 24.6 Å². The van der Waals surface area contributed by atoms with Gasteiger partial charge >= 0.3 is 5.69 Å². The van der Waals surface area contributed by atoms with Crippen LogP contribution in [0.25, 0.3) is 11.0 Å². The molecule has 0 aliphatic heterocycles. The number of carbonyl (C=O) groups is 1. The lowest BCUT2D eigenvalue weighted by Gasteiger charge is -2.06. The molecule has 0 saturated heterocycles. The summed E-state index contributed by atoms with van der Waals surface area (Å²) in [5.74, 6) is 0.235. The molecule has 0 bridgehead atoms. The van der Waals surface area contributed by atoms with Gasteiger partial charge in [-0.3, -0.25) is 24.9 Å². The molecule has 1 aromatic carbocycles. The predicted octanol–water partition coefficient (Wildman–Crippen LogP) is 2.32. The summed E-state index contributed by atoms with van der Waals surface area (Å²) in [7, 11) is 1.83. The third kappa shape index (κ3) is 3.08. The Morgan fingerprint density at radius 1 is 1.32 bits per heavy atom. The fraction of sp³-hybridized carbons (Fsp3) is 0.312. The number of benzene rings is 1. The van der Waals surface area contributed by atoms with Crippen LogP contribution in [0.5, 0.6) is 0 Å². The molecule has 0 saturated carbocycles. The molecule has 130 valence electrons. The highest BCUT2D eigenvalue weighted by Crippen LogP contribution is 2.22. The Morgan fingerprint density at radius 2 is 2.04 bits per heavy atom. The molecular formula is C16H18N6O3. The molecule has 3 aromatic rings. The molecule has 1 N–H and O–H groups in total. The van der Waals surface area contributed by atoms with Gasteiger partial charge < -0.3 is 4.57 Å². The van der Waals surface area contributed by atoms with Crippen LogP contribution in [0.15, 0.2) is 24.3 Å². The van der Waals surface area contributed by atoms with Gasteiger partial charge in [0, 0.05) is 13.5 Å². The van der Waals surface area contributed by atoms with Crippen molar-refractivity contribution in [2.24, 2.45) is 7.05 Å². The van der Waals surface area contributed by atoms with Gasteiger partial charge in [-0.2, -0.15) is 5.10 Å². The molecule has 2 aromatic heterocycles. The van der Waals surface area contributed by atoms with E-state index in [0.717, 1.165) is 11.0 Å². The van der Waals surface area contributed by atoms with E-state index >= 15 is 0 Å². The van der Waals surface area contributed by atoms with E-state index in [2.05, 4.69) is 15.4 Å². The first-order chi connectivity index (χ1) is 11.9. The summed E-state index contributed by atoms with van der Waals surface area (Å²) in [6.45, 7) is 3.47. The van der Waals surface area contributed by atoms with Gasteiger partial charge in [0.05, 0.1) is 22.5 Å². The van der Waals surface area contributed by atoms with Crippen molar-refractivity contribution in [3.63, 3.8) is 0 Å². The van der Waals surface area contributed by atoms with Crippen LogP contribution < -0.4 is 5.32 Å². The molecule has 0 atom stereocenters. The molecule has 0 aliphatic carbocycles. The van der Waals surface area contributed by atoms with Crippen LogP contribution in [0.3, 0.4) is 0 Å². The van der Waals surface area contributed by atoms with Crippen molar-refractivity contribution < 1.29 is 9.72 Å². The SMILES string of the molecule is Cc1nn(CCC(=O)Nc2nc3ccccc3n2C)c(C)c1[N+](=O)[O-]. The zero-order valence-corrected chi connectivity index (χ0v) is 14.2. The summed E-state index contributed by atoms with van der Waals surface area (Å²) in [4.78, 5) is 27.2. The summed E-state index contributed by atoms with van der Waals surface area (Å²) < 4.78 is 3.29. The van der Waals surface area contributed by atoms with Crippen molar-refractivity contribution in [3.8, 4) is 0 Å². The maximum atomic E-state index is 12.2.